The highest BCUT2D eigenvalue weighted by molar-refractivity contribution is 5.81. The van der Waals surface area contributed by atoms with Gasteiger partial charge in [-0.1, -0.05) is 18.2 Å². The number of carboxylic acid groups (broad SMARTS) is 1. The van der Waals surface area contributed by atoms with Crippen LogP contribution in [0, 0.1) is 5.92 Å². The van der Waals surface area contributed by atoms with E-state index in [0.717, 1.165) is 42.1 Å². The SMILES string of the molecule is O=C(O)C1CCC(OCc2ccnc3ccccc23)CC1. The summed E-state index contributed by atoms with van der Waals surface area (Å²) in [4.78, 5) is 15.3. The Morgan fingerprint density at radius 3 is 2.71 bits per heavy atom. The number of carboxylic acids is 1. The molecule has 1 aliphatic carbocycles. The van der Waals surface area contributed by atoms with E-state index in [1.54, 1.807) is 0 Å². The van der Waals surface area contributed by atoms with Crippen LogP contribution in [0.15, 0.2) is 36.5 Å². The number of carbonyl (C=O) groups is 1. The first-order valence-electron chi connectivity index (χ1n) is 7.41. The Bertz CT molecular complexity index is 627. The van der Waals surface area contributed by atoms with Gasteiger partial charge in [-0.25, -0.2) is 0 Å². The summed E-state index contributed by atoms with van der Waals surface area (Å²) in [6, 6.07) is 10.0. The first-order valence-corrected chi connectivity index (χ1v) is 7.41. The lowest BCUT2D eigenvalue weighted by Gasteiger charge is -2.26. The predicted octanol–water partition coefficient (Wildman–Crippen LogP) is 3.39. The minimum Gasteiger partial charge on any atom is -0.481 e. The lowest BCUT2D eigenvalue weighted by molar-refractivity contribution is -0.143. The van der Waals surface area contributed by atoms with Crippen molar-refractivity contribution in [2.75, 3.05) is 0 Å². The molecule has 0 unspecified atom stereocenters. The van der Waals surface area contributed by atoms with Crippen molar-refractivity contribution >= 4 is 16.9 Å². The molecule has 2 aromatic rings. The maximum absolute atomic E-state index is 10.9. The molecule has 0 spiro atoms. The second kappa shape index (κ2) is 6.22. The van der Waals surface area contributed by atoms with Crippen LogP contribution in [0.5, 0.6) is 0 Å². The Balaban J connectivity index is 1.61. The van der Waals surface area contributed by atoms with Gasteiger partial charge in [-0.2, -0.15) is 0 Å². The molecule has 1 aromatic heterocycles. The highest BCUT2D eigenvalue weighted by Gasteiger charge is 2.26. The standard InChI is InChI=1S/C17H19NO3/c19-17(20)12-5-7-14(8-6-12)21-11-13-9-10-18-16-4-2-1-3-15(13)16/h1-4,9-10,12,14H,5-8,11H2,(H,19,20). The number of rotatable bonds is 4. The molecule has 0 bridgehead atoms. The molecule has 3 rings (SSSR count). The Morgan fingerprint density at radius 1 is 1.19 bits per heavy atom. The predicted molar refractivity (Wildman–Crippen MR) is 79.9 cm³/mol. The average Bonchev–Trinajstić information content (AvgIpc) is 2.53. The summed E-state index contributed by atoms with van der Waals surface area (Å²) < 4.78 is 5.98. The lowest BCUT2D eigenvalue weighted by atomic mass is 9.87. The van der Waals surface area contributed by atoms with Crippen LogP contribution in [-0.2, 0) is 16.1 Å². The van der Waals surface area contributed by atoms with Crippen molar-refractivity contribution in [2.24, 2.45) is 5.92 Å². The first kappa shape index (κ1) is 14.0. The molecule has 1 N–H and O–H groups in total. The summed E-state index contributed by atoms with van der Waals surface area (Å²) in [5, 5.41) is 10.1. The summed E-state index contributed by atoms with van der Waals surface area (Å²) in [6.45, 7) is 0.561. The molecule has 1 saturated carbocycles. The number of hydrogen-bond acceptors (Lipinski definition) is 3. The minimum atomic E-state index is -0.673. The topological polar surface area (TPSA) is 59.4 Å². The van der Waals surface area contributed by atoms with E-state index in [4.69, 9.17) is 9.84 Å². The van der Waals surface area contributed by atoms with Crippen LogP contribution in [0.3, 0.4) is 0 Å². The molecule has 21 heavy (non-hydrogen) atoms. The third-order valence-corrected chi connectivity index (χ3v) is 4.24. The van der Waals surface area contributed by atoms with E-state index in [1.165, 1.54) is 0 Å². The number of fused-ring (bicyclic) bond motifs is 1. The summed E-state index contributed by atoms with van der Waals surface area (Å²) in [6.07, 6.45) is 5.09. The van der Waals surface area contributed by atoms with Gasteiger partial charge in [0.25, 0.3) is 0 Å². The molecule has 1 aromatic carbocycles. The van der Waals surface area contributed by atoms with Gasteiger partial charge < -0.3 is 9.84 Å². The van der Waals surface area contributed by atoms with Gasteiger partial charge in [-0.15, -0.1) is 0 Å². The molecule has 0 saturated heterocycles. The number of aromatic nitrogens is 1. The van der Waals surface area contributed by atoms with E-state index >= 15 is 0 Å². The molecule has 0 aliphatic heterocycles. The Hall–Kier alpha value is -1.94. The van der Waals surface area contributed by atoms with Crippen molar-refractivity contribution in [3.05, 3.63) is 42.1 Å². The summed E-state index contributed by atoms with van der Waals surface area (Å²) in [5.74, 6) is -0.861. The van der Waals surface area contributed by atoms with Crippen molar-refractivity contribution in [1.82, 2.24) is 4.98 Å². The molecule has 1 aliphatic rings. The largest absolute Gasteiger partial charge is 0.481 e. The monoisotopic (exact) mass is 285 g/mol. The smallest absolute Gasteiger partial charge is 0.306 e. The van der Waals surface area contributed by atoms with Crippen molar-refractivity contribution in [1.29, 1.82) is 0 Å². The van der Waals surface area contributed by atoms with Gasteiger partial charge in [0.15, 0.2) is 0 Å². The summed E-state index contributed by atoms with van der Waals surface area (Å²) in [7, 11) is 0. The van der Waals surface area contributed by atoms with Gasteiger partial charge >= 0.3 is 5.97 Å². The third-order valence-electron chi connectivity index (χ3n) is 4.24. The van der Waals surface area contributed by atoms with E-state index in [2.05, 4.69) is 11.1 Å². The number of para-hydroxylation sites is 1. The molecule has 0 radical (unpaired) electrons. The Labute approximate surface area is 123 Å². The Kier molecular flexibility index (Phi) is 4.15. The van der Waals surface area contributed by atoms with Crippen LogP contribution in [0.25, 0.3) is 10.9 Å². The van der Waals surface area contributed by atoms with Crippen LogP contribution in [-0.4, -0.2) is 22.2 Å². The second-order valence-corrected chi connectivity index (χ2v) is 5.61. The number of nitrogens with zero attached hydrogens (tertiary/aromatic N) is 1. The highest BCUT2D eigenvalue weighted by atomic mass is 16.5. The molecule has 110 valence electrons. The average molecular weight is 285 g/mol. The molecule has 0 atom stereocenters. The highest BCUT2D eigenvalue weighted by Crippen LogP contribution is 2.27. The molecule has 0 amide bonds. The zero-order valence-electron chi connectivity index (χ0n) is 11.9. The fraction of sp³-hybridized carbons (Fsp3) is 0.412. The maximum atomic E-state index is 10.9. The van der Waals surface area contributed by atoms with E-state index in [-0.39, 0.29) is 12.0 Å². The molecular weight excluding hydrogens is 266 g/mol. The molecule has 4 heteroatoms. The van der Waals surface area contributed by atoms with Gasteiger partial charge in [0.05, 0.1) is 24.1 Å². The number of aliphatic carboxylic acids is 1. The number of benzene rings is 1. The Morgan fingerprint density at radius 2 is 1.95 bits per heavy atom. The van der Waals surface area contributed by atoms with Crippen LogP contribution >= 0.6 is 0 Å². The van der Waals surface area contributed by atoms with Crippen molar-refractivity contribution in [3.8, 4) is 0 Å². The molecule has 4 nitrogen and oxygen atoms in total. The summed E-state index contributed by atoms with van der Waals surface area (Å²) in [5.41, 5.74) is 2.12. The first-order chi connectivity index (χ1) is 10.2. The lowest BCUT2D eigenvalue weighted by Crippen LogP contribution is -2.25. The van der Waals surface area contributed by atoms with Gasteiger partial charge in [0, 0.05) is 11.6 Å². The zero-order valence-corrected chi connectivity index (χ0v) is 11.9. The van der Waals surface area contributed by atoms with Gasteiger partial charge in [-0.05, 0) is 43.4 Å². The van der Waals surface area contributed by atoms with Crippen LogP contribution in [0.1, 0.15) is 31.2 Å². The fourth-order valence-corrected chi connectivity index (χ4v) is 2.97. The maximum Gasteiger partial charge on any atom is 0.306 e. The zero-order chi connectivity index (χ0) is 14.7. The van der Waals surface area contributed by atoms with Crippen LogP contribution < -0.4 is 0 Å². The molecule has 1 heterocycles. The van der Waals surface area contributed by atoms with E-state index in [0.29, 0.717) is 6.61 Å². The van der Waals surface area contributed by atoms with Crippen molar-refractivity contribution < 1.29 is 14.6 Å². The number of pyridine rings is 1. The van der Waals surface area contributed by atoms with Crippen LogP contribution in [0.4, 0.5) is 0 Å². The molecular formula is C17H19NO3. The van der Waals surface area contributed by atoms with E-state index in [9.17, 15) is 4.79 Å². The second-order valence-electron chi connectivity index (χ2n) is 5.61. The normalized spacial score (nSPS) is 22.3. The van der Waals surface area contributed by atoms with Gasteiger partial charge in [0.2, 0.25) is 0 Å². The van der Waals surface area contributed by atoms with E-state index in [1.807, 2.05) is 30.5 Å². The quantitative estimate of drug-likeness (QED) is 0.935. The van der Waals surface area contributed by atoms with Crippen LogP contribution in [0.2, 0.25) is 0 Å². The van der Waals surface area contributed by atoms with Gasteiger partial charge in [-0.3, -0.25) is 9.78 Å². The third kappa shape index (κ3) is 3.22. The van der Waals surface area contributed by atoms with Crippen molar-refractivity contribution in [3.63, 3.8) is 0 Å². The number of ether oxygens (including phenoxy) is 1. The summed E-state index contributed by atoms with van der Waals surface area (Å²) >= 11 is 0. The van der Waals surface area contributed by atoms with Crippen molar-refractivity contribution in [2.45, 2.75) is 38.4 Å². The van der Waals surface area contributed by atoms with E-state index < -0.39 is 5.97 Å². The molecule has 1 fully saturated rings. The number of hydrogen-bond donors (Lipinski definition) is 1. The van der Waals surface area contributed by atoms with Gasteiger partial charge in [0.1, 0.15) is 0 Å². The fourth-order valence-electron chi connectivity index (χ4n) is 2.97. The minimum absolute atomic E-state index is 0.174.